The average Bonchev–Trinajstić information content (AvgIpc) is 2.57. The number of hydrogen-bond acceptors (Lipinski definition) is 3. The van der Waals surface area contributed by atoms with Crippen molar-refractivity contribution in [2.45, 2.75) is 40.0 Å². The van der Waals surface area contributed by atoms with Crippen LogP contribution in [0.3, 0.4) is 0 Å². The molecular weight excluding hydrogens is 298 g/mol. The van der Waals surface area contributed by atoms with Crippen molar-refractivity contribution in [2.24, 2.45) is 5.73 Å². The zero-order valence-electron chi connectivity index (χ0n) is 15.3. The van der Waals surface area contributed by atoms with Crippen LogP contribution in [0.4, 0.5) is 0 Å². The minimum atomic E-state index is 0.225. The topological polar surface area (TPSA) is 44.5 Å². The van der Waals surface area contributed by atoms with Gasteiger partial charge in [-0.3, -0.25) is 0 Å². The highest BCUT2D eigenvalue weighted by Gasteiger charge is 2.17. The van der Waals surface area contributed by atoms with Crippen LogP contribution in [0.15, 0.2) is 36.4 Å². The Morgan fingerprint density at radius 3 is 2.33 bits per heavy atom. The molecule has 2 N–H and O–H groups in total. The molecule has 0 aliphatic carbocycles. The molecule has 0 heterocycles. The van der Waals surface area contributed by atoms with E-state index in [4.69, 9.17) is 15.2 Å². The van der Waals surface area contributed by atoms with Crippen LogP contribution in [0, 0.1) is 13.8 Å². The largest absolute Gasteiger partial charge is 0.494 e. The van der Waals surface area contributed by atoms with Crippen LogP contribution in [0.25, 0.3) is 0 Å². The molecule has 0 saturated heterocycles. The summed E-state index contributed by atoms with van der Waals surface area (Å²) in [5.41, 5.74) is 11.1. The fourth-order valence-electron chi connectivity index (χ4n) is 2.95. The summed E-state index contributed by atoms with van der Waals surface area (Å²) < 4.78 is 11.5. The highest BCUT2D eigenvalue weighted by molar-refractivity contribution is 5.45. The van der Waals surface area contributed by atoms with E-state index in [1.54, 1.807) is 0 Å². The molecule has 130 valence electrons. The van der Waals surface area contributed by atoms with Gasteiger partial charge in [-0.25, -0.2) is 0 Å². The average molecular weight is 327 g/mol. The molecule has 0 saturated carbocycles. The number of rotatable bonds is 8. The Morgan fingerprint density at radius 1 is 0.958 bits per heavy atom. The third kappa shape index (κ3) is 4.51. The van der Waals surface area contributed by atoms with Gasteiger partial charge in [0, 0.05) is 5.92 Å². The second kappa shape index (κ2) is 8.74. The summed E-state index contributed by atoms with van der Waals surface area (Å²) in [7, 11) is 0. The van der Waals surface area contributed by atoms with Crippen molar-refractivity contribution < 1.29 is 9.47 Å². The second-order valence-corrected chi connectivity index (χ2v) is 6.12. The van der Waals surface area contributed by atoms with E-state index >= 15 is 0 Å². The molecule has 0 amide bonds. The molecule has 0 bridgehead atoms. The van der Waals surface area contributed by atoms with Gasteiger partial charge in [0.25, 0.3) is 0 Å². The molecular formula is C21H29NO2. The van der Waals surface area contributed by atoms with E-state index in [0.29, 0.717) is 19.8 Å². The lowest BCUT2D eigenvalue weighted by atomic mass is 9.89. The molecule has 1 atom stereocenters. The Morgan fingerprint density at radius 2 is 1.67 bits per heavy atom. The summed E-state index contributed by atoms with van der Waals surface area (Å²) in [5.74, 6) is 2.09. The summed E-state index contributed by atoms with van der Waals surface area (Å²) in [4.78, 5) is 0. The number of hydrogen-bond donors (Lipinski definition) is 1. The Bertz CT molecular complexity index is 667. The SMILES string of the molecule is CCOc1cccc(CC(CN)c2cc(C)c(C)cc2OCC)c1. The predicted octanol–water partition coefficient (Wildman–Crippen LogP) is 4.39. The Balaban J connectivity index is 2.31. The van der Waals surface area contributed by atoms with E-state index in [9.17, 15) is 0 Å². The number of nitrogens with two attached hydrogens (primary N) is 1. The van der Waals surface area contributed by atoms with Crippen LogP contribution in [0.1, 0.15) is 42.0 Å². The molecule has 3 nitrogen and oxygen atoms in total. The zero-order valence-corrected chi connectivity index (χ0v) is 15.3. The van der Waals surface area contributed by atoms with E-state index in [1.807, 2.05) is 26.0 Å². The third-order valence-electron chi connectivity index (χ3n) is 4.34. The summed E-state index contributed by atoms with van der Waals surface area (Å²) in [6, 6.07) is 12.6. The normalized spacial score (nSPS) is 12.0. The Kier molecular flexibility index (Phi) is 6.68. The highest BCUT2D eigenvalue weighted by atomic mass is 16.5. The van der Waals surface area contributed by atoms with Crippen molar-refractivity contribution in [2.75, 3.05) is 19.8 Å². The molecule has 0 aromatic heterocycles. The van der Waals surface area contributed by atoms with Crippen molar-refractivity contribution >= 4 is 0 Å². The molecule has 0 aliphatic rings. The van der Waals surface area contributed by atoms with Crippen LogP contribution in [0.2, 0.25) is 0 Å². The van der Waals surface area contributed by atoms with Crippen LogP contribution >= 0.6 is 0 Å². The van der Waals surface area contributed by atoms with Gasteiger partial charge >= 0.3 is 0 Å². The zero-order chi connectivity index (χ0) is 17.5. The van der Waals surface area contributed by atoms with Crippen molar-refractivity contribution in [1.82, 2.24) is 0 Å². The third-order valence-corrected chi connectivity index (χ3v) is 4.34. The van der Waals surface area contributed by atoms with Crippen molar-refractivity contribution in [3.8, 4) is 11.5 Å². The number of benzene rings is 2. The van der Waals surface area contributed by atoms with Gasteiger partial charge in [-0.15, -0.1) is 0 Å². The molecule has 0 radical (unpaired) electrons. The molecule has 2 aromatic carbocycles. The number of ether oxygens (including phenoxy) is 2. The van der Waals surface area contributed by atoms with Gasteiger partial charge in [0.1, 0.15) is 11.5 Å². The highest BCUT2D eigenvalue weighted by Crippen LogP contribution is 2.32. The van der Waals surface area contributed by atoms with Crippen LogP contribution < -0.4 is 15.2 Å². The molecule has 0 spiro atoms. The minimum Gasteiger partial charge on any atom is -0.494 e. The van der Waals surface area contributed by atoms with Crippen LogP contribution in [0.5, 0.6) is 11.5 Å². The smallest absolute Gasteiger partial charge is 0.123 e. The van der Waals surface area contributed by atoms with Crippen molar-refractivity contribution in [3.63, 3.8) is 0 Å². The van der Waals surface area contributed by atoms with Crippen molar-refractivity contribution in [1.29, 1.82) is 0 Å². The van der Waals surface area contributed by atoms with Gasteiger partial charge in [0.05, 0.1) is 13.2 Å². The van der Waals surface area contributed by atoms with Crippen LogP contribution in [-0.4, -0.2) is 19.8 Å². The van der Waals surface area contributed by atoms with E-state index < -0.39 is 0 Å². The maximum absolute atomic E-state index is 6.12. The van der Waals surface area contributed by atoms with Crippen molar-refractivity contribution in [3.05, 3.63) is 58.7 Å². The molecule has 3 heteroatoms. The number of aryl methyl sites for hydroxylation is 2. The van der Waals surface area contributed by atoms with E-state index in [2.05, 4.69) is 38.1 Å². The first kappa shape index (κ1) is 18.3. The summed E-state index contributed by atoms with van der Waals surface area (Å²) in [5, 5.41) is 0. The molecule has 2 rings (SSSR count). The van der Waals surface area contributed by atoms with Crippen LogP contribution in [-0.2, 0) is 6.42 Å². The van der Waals surface area contributed by atoms with Gasteiger partial charge < -0.3 is 15.2 Å². The first-order chi connectivity index (χ1) is 11.6. The van der Waals surface area contributed by atoms with Gasteiger partial charge in [0.15, 0.2) is 0 Å². The first-order valence-corrected chi connectivity index (χ1v) is 8.74. The fraction of sp³-hybridized carbons (Fsp3) is 0.429. The fourth-order valence-corrected chi connectivity index (χ4v) is 2.95. The van der Waals surface area contributed by atoms with Gasteiger partial charge in [-0.05, 0) is 81.1 Å². The summed E-state index contributed by atoms with van der Waals surface area (Å²) in [6.45, 7) is 10.2. The molecule has 1 unspecified atom stereocenters. The Labute approximate surface area is 145 Å². The lowest BCUT2D eigenvalue weighted by molar-refractivity contribution is 0.333. The first-order valence-electron chi connectivity index (χ1n) is 8.74. The Hall–Kier alpha value is -2.00. The summed E-state index contributed by atoms with van der Waals surface area (Å²) >= 11 is 0. The summed E-state index contributed by atoms with van der Waals surface area (Å²) in [6.07, 6.45) is 0.875. The molecule has 0 fully saturated rings. The maximum atomic E-state index is 6.12. The monoisotopic (exact) mass is 327 g/mol. The molecule has 24 heavy (non-hydrogen) atoms. The quantitative estimate of drug-likeness (QED) is 0.782. The molecule has 0 aliphatic heterocycles. The van der Waals surface area contributed by atoms with Gasteiger partial charge in [-0.2, -0.15) is 0 Å². The lowest BCUT2D eigenvalue weighted by Gasteiger charge is -2.21. The second-order valence-electron chi connectivity index (χ2n) is 6.12. The minimum absolute atomic E-state index is 0.225. The van der Waals surface area contributed by atoms with Gasteiger partial charge in [-0.1, -0.05) is 18.2 Å². The lowest BCUT2D eigenvalue weighted by Crippen LogP contribution is -2.17. The van der Waals surface area contributed by atoms with E-state index in [0.717, 1.165) is 17.9 Å². The predicted molar refractivity (Wildman–Crippen MR) is 100 cm³/mol. The standard InChI is InChI=1S/C21H29NO2/c1-5-23-19-9-7-8-17(13-19)12-18(14-22)20-10-15(3)16(4)11-21(20)24-6-2/h7-11,13,18H,5-6,12,14,22H2,1-4H3. The van der Waals surface area contributed by atoms with Gasteiger partial charge in [0.2, 0.25) is 0 Å². The molecule has 2 aromatic rings. The van der Waals surface area contributed by atoms with E-state index in [-0.39, 0.29) is 5.92 Å². The van der Waals surface area contributed by atoms with E-state index in [1.165, 1.54) is 22.3 Å². The maximum Gasteiger partial charge on any atom is 0.123 e.